The van der Waals surface area contributed by atoms with Gasteiger partial charge in [-0.25, -0.2) is 0 Å². The standard InChI is InChI=1S/C13H24N2O2/c1-2-15-13(12(14)16,11-5-6-11)9-17-8-7-10-3-4-10/h10-11,15H,2-9H2,1H3,(H2,14,16). The molecule has 4 heteroatoms. The maximum atomic E-state index is 11.7. The van der Waals surface area contributed by atoms with Crippen molar-refractivity contribution in [3.8, 4) is 0 Å². The first-order valence-corrected chi connectivity index (χ1v) is 6.81. The van der Waals surface area contributed by atoms with Crippen LogP contribution in [0.2, 0.25) is 0 Å². The molecule has 0 radical (unpaired) electrons. The molecule has 0 aromatic rings. The predicted molar refractivity (Wildman–Crippen MR) is 66.5 cm³/mol. The third-order valence-corrected chi connectivity index (χ3v) is 3.90. The van der Waals surface area contributed by atoms with Crippen LogP contribution in [0.25, 0.3) is 0 Å². The van der Waals surface area contributed by atoms with Gasteiger partial charge in [0.05, 0.1) is 6.61 Å². The maximum absolute atomic E-state index is 11.7. The summed E-state index contributed by atoms with van der Waals surface area (Å²) < 4.78 is 5.70. The summed E-state index contributed by atoms with van der Waals surface area (Å²) in [6, 6.07) is 0. The molecule has 2 aliphatic rings. The lowest BCUT2D eigenvalue weighted by Gasteiger charge is -2.31. The normalized spacial score (nSPS) is 23.4. The van der Waals surface area contributed by atoms with Crippen molar-refractivity contribution < 1.29 is 9.53 Å². The summed E-state index contributed by atoms with van der Waals surface area (Å²) in [5.41, 5.74) is 4.96. The third kappa shape index (κ3) is 3.19. The van der Waals surface area contributed by atoms with E-state index in [1.807, 2.05) is 6.92 Å². The molecule has 98 valence electrons. The summed E-state index contributed by atoms with van der Waals surface area (Å²) in [6.45, 7) is 3.96. The monoisotopic (exact) mass is 240 g/mol. The van der Waals surface area contributed by atoms with E-state index in [-0.39, 0.29) is 5.91 Å². The Morgan fingerprint density at radius 3 is 2.59 bits per heavy atom. The second kappa shape index (κ2) is 5.36. The number of amides is 1. The van der Waals surface area contributed by atoms with E-state index < -0.39 is 5.54 Å². The Hall–Kier alpha value is -0.610. The van der Waals surface area contributed by atoms with Gasteiger partial charge in [0, 0.05) is 6.61 Å². The summed E-state index contributed by atoms with van der Waals surface area (Å²) in [4.78, 5) is 11.7. The van der Waals surface area contributed by atoms with Crippen molar-refractivity contribution in [3.05, 3.63) is 0 Å². The molecule has 1 unspecified atom stereocenters. The van der Waals surface area contributed by atoms with Gasteiger partial charge in [0.25, 0.3) is 0 Å². The zero-order chi connectivity index (χ0) is 12.3. The second-order valence-electron chi connectivity index (χ2n) is 5.42. The molecule has 1 amide bonds. The first-order chi connectivity index (χ1) is 8.19. The predicted octanol–water partition coefficient (Wildman–Crippen LogP) is 1.05. The number of nitrogens with one attached hydrogen (secondary N) is 1. The van der Waals surface area contributed by atoms with E-state index >= 15 is 0 Å². The quantitative estimate of drug-likeness (QED) is 0.592. The summed E-state index contributed by atoms with van der Waals surface area (Å²) in [7, 11) is 0. The summed E-state index contributed by atoms with van der Waals surface area (Å²) in [6.07, 6.45) is 6.00. The van der Waals surface area contributed by atoms with Crippen LogP contribution >= 0.6 is 0 Å². The Morgan fingerprint density at radius 1 is 1.41 bits per heavy atom. The number of ether oxygens (including phenoxy) is 1. The average molecular weight is 240 g/mol. The van der Waals surface area contributed by atoms with Crippen molar-refractivity contribution in [1.29, 1.82) is 0 Å². The van der Waals surface area contributed by atoms with Gasteiger partial charge in [-0.15, -0.1) is 0 Å². The lowest BCUT2D eigenvalue weighted by molar-refractivity contribution is -0.128. The minimum atomic E-state index is -0.613. The lowest BCUT2D eigenvalue weighted by Crippen LogP contribution is -2.60. The van der Waals surface area contributed by atoms with Crippen LogP contribution in [-0.4, -0.2) is 31.2 Å². The van der Waals surface area contributed by atoms with Crippen LogP contribution in [0, 0.1) is 11.8 Å². The fourth-order valence-electron chi connectivity index (χ4n) is 2.45. The molecule has 0 saturated heterocycles. The van der Waals surface area contributed by atoms with Crippen molar-refractivity contribution in [2.24, 2.45) is 17.6 Å². The van der Waals surface area contributed by atoms with Crippen LogP contribution in [0.15, 0.2) is 0 Å². The van der Waals surface area contributed by atoms with Crippen LogP contribution in [-0.2, 0) is 9.53 Å². The van der Waals surface area contributed by atoms with Gasteiger partial charge in [0.1, 0.15) is 5.54 Å². The van der Waals surface area contributed by atoms with E-state index in [1.165, 1.54) is 12.8 Å². The fraction of sp³-hybridized carbons (Fsp3) is 0.923. The van der Waals surface area contributed by atoms with Crippen molar-refractivity contribution >= 4 is 5.91 Å². The molecule has 0 bridgehead atoms. The van der Waals surface area contributed by atoms with Crippen LogP contribution in [0.1, 0.15) is 39.0 Å². The molecule has 0 heterocycles. The zero-order valence-corrected chi connectivity index (χ0v) is 10.7. The molecule has 0 aromatic heterocycles. The molecule has 0 spiro atoms. The van der Waals surface area contributed by atoms with Gasteiger partial charge in [0.15, 0.2) is 0 Å². The highest BCUT2D eigenvalue weighted by molar-refractivity contribution is 5.85. The first kappa shape index (κ1) is 12.8. The van der Waals surface area contributed by atoms with E-state index in [0.717, 1.165) is 38.3 Å². The minimum absolute atomic E-state index is 0.256. The van der Waals surface area contributed by atoms with Crippen LogP contribution < -0.4 is 11.1 Å². The Balaban J connectivity index is 1.81. The maximum Gasteiger partial charge on any atom is 0.240 e. The molecule has 3 N–H and O–H groups in total. The van der Waals surface area contributed by atoms with Gasteiger partial charge in [-0.05, 0) is 37.6 Å². The molecule has 4 nitrogen and oxygen atoms in total. The van der Waals surface area contributed by atoms with Gasteiger partial charge in [0.2, 0.25) is 5.91 Å². The van der Waals surface area contributed by atoms with Gasteiger partial charge < -0.3 is 15.8 Å². The Kier molecular flexibility index (Phi) is 4.05. The average Bonchev–Trinajstić information content (AvgIpc) is 3.16. The molecule has 1 atom stereocenters. The first-order valence-electron chi connectivity index (χ1n) is 6.81. The molecule has 2 rings (SSSR count). The second-order valence-corrected chi connectivity index (χ2v) is 5.42. The topological polar surface area (TPSA) is 64.3 Å². The summed E-state index contributed by atoms with van der Waals surface area (Å²) in [5.74, 6) is 0.993. The largest absolute Gasteiger partial charge is 0.379 e. The number of hydrogen-bond acceptors (Lipinski definition) is 3. The number of carbonyl (C=O) groups excluding carboxylic acids is 1. The molecular weight excluding hydrogens is 216 g/mol. The molecule has 0 aromatic carbocycles. The summed E-state index contributed by atoms with van der Waals surface area (Å²) >= 11 is 0. The van der Waals surface area contributed by atoms with E-state index in [0.29, 0.717) is 12.5 Å². The SMILES string of the molecule is CCNC(COCCC1CC1)(C(N)=O)C1CC1. The molecule has 0 aliphatic heterocycles. The highest BCUT2D eigenvalue weighted by Crippen LogP contribution is 2.40. The Bertz CT molecular complexity index is 275. The molecule has 2 aliphatic carbocycles. The number of carbonyl (C=O) groups is 1. The molecular formula is C13H24N2O2. The van der Waals surface area contributed by atoms with Gasteiger partial charge in [-0.1, -0.05) is 19.8 Å². The van der Waals surface area contributed by atoms with E-state index in [4.69, 9.17) is 10.5 Å². The number of rotatable bonds is 9. The van der Waals surface area contributed by atoms with Crippen molar-refractivity contribution in [1.82, 2.24) is 5.32 Å². The number of hydrogen-bond donors (Lipinski definition) is 2. The van der Waals surface area contributed by atoms with Crippen LogP contribution in [0.4, 0.5) is 0 Å². The van der Waals surface area contributed by atoms with Crippen molar-refractivity contribution in [3.63, 3.8) is 0 Å². The smallest absolute Gasteiger partial charge is 0.240 e. The minimum Gasteiger partial charge on any atom is -0.379 e. The van der Waals surface area contributed by atoms with Crippen molar-refractivity contribution in [2.75, 3.05) is 19.8 Å². The van der Waals surface area contributed by atoms with Crippen molar-refractivity contribution in [2.45, 2.75) is 44.6 Å². The summed E-state index contributed by atoms with van der Waals surface area (Å²) in [5, 5.41) is 3.26. The van der Waals surface area contributed by atoms with Crippen LogP contribution in [0.3, 0.4) is 0 Å². The fourth-order valence-corrected chi connectivity index (χ4v) is 2.45. The number of nitrogens with two attached hydrogens (primary N) is 1. The molecule has 2 saturated carbocycles. The van der Waals surface area contributed by atoms with E-state index in [1.54, 1.807) is 0 Å². The van der Waals surface area contributed by atoms with Crippen LogP contribution in [0.5, 0.6) is 0 Å². The Labute approximate surface area is 103 Å². The number of likely N-dealkylation sites (N-methyl/N-ethyl adjacent to an activating group) is 1. The highest BCUT2D eigenvalue weighted by Gasteiger charge is 2.49. The lowest BCUT2D eigenvalue weighted by atomic mass is 9.93. The third-order valence-electron chi connectivity index (χ3n) is 3.90. The molecule has 17 heavy (non-hydrogen) atoms. The van der Waals surface area contributed by atoms with Gasteiger partial charge in [-0.2, -0.15) is 0 Å². The zero-order valence-electron chi connectivity index (χ0n) is 10.7. The van der Waals surface area contributed by atoms with Gasteiger partial charge in [-0.3, -0.25) is 4.79 Å². The van der Waals surface area contributed by atoms with Gasteiger partial charge >= 0.3 is 0 Å². The van der Waals surface area contributed by atoms with E-state index in [9.17, 15) is 4.79 Å². The number of primary amides is 1. The Morgan fingerprint density at radius 2 is 2.12 bits per heavy atom. The highest BCUT2D eigenvalue weighted by atomic mass is 16.5. The molecule has 2 fully saturated rings. The van der Waals surface area contributed by atoms with E-state index in [2.05, 4.69) is 5.32 Å².